The second-order valence-corrected chi connectivity index (χ2v) is 5.01. The molecule has 0 amide bonds. The van der Waals surface area contributed by atoms with E-state index < -0.39 is 11.7 Å². The Morgan fingerprint density at radius 3 is 2.90 bits per heavy atom. The zero-order chi connectivity index (χ0) is 14.3. The molecule has 1 N–H and O–H groups in total. The van der Waals surface area contributed by atoms with Crippen LogP contribution in [0.2, 0.25) is 0 Å². The van der Waals surface area contributed by atoms with Crippen molar-refractivity contribution >= 4 is 5.95 Å². The highest BCUT2D eigenvalue weighted by Crippen LogP contribution is 2.33. The minimum atomic E-state index is -4.31. The number of benzene rings is 1. The first-order valence-corrected chi connectivity index (χ1v) is 6.41. The maximum absolute atomic E-state index is 12.7. The number of nitrogens with one attached hydrogen (secondary N) is 1. The predicted octanol–water partition coefficient (Wildman–Crippen LogP) is 3.77. The second kappa shape index (κ2) is 4.54. The van der Waals surface area contributed by atoms with Gasteiger partial charge in [0.25, 0.3) is 0 Å². The number of aryl methyl sites for hydroxylation is 2. The Hall–Kier alpha value is -1.98. The fourth-order valence-electron chi connectivity index (χ4n) is 2.51. The molecule has 1 atom stereocenters. The Bertz CT molecular complexity index is 631. The molecule has 106 valence electrons. The fraction of sp³-hybridized carbons (Fsp3) is 0.357. The van der Waals surface area contributed by atoms with Gasteiger partial charge in [0.05, 0.1) is 17.3 Å². The highest BCUT2D eigenvalue weighted by molar-refractivity contribution is 5.38. The highest BCUT2D eigenvalue weighted by atomic mass is 19.4. The number of aromatic nitrogens is 2. The summed E-state index contributed by atoms with van der Waals surface area (Å²) in [4.78, 5) is 4.33. The van der Waals surface area contributed by atoms with Gasteiger partial charge in [0.1, 0.15) is 0 Å². The number of rotatable bonds is 1. The van der Waals surface area contributed by atoms with E-state index in [0.29, 0.717) is 5.56 Å². The zero-order valence-electron chi connectivity index (χ0n) is 10.9. The van der Waals surface area contributed by atoms with Crippen LogP contribution in [0.5, 0.6) is 0 Å². The Morgan fingerprint density at radius 2 is 2.15 bits per heavy atom. The molecule has 20 heavy (non-hydrogen) atoms. The molecule has 2 heterocycles. The third-order valence-corrected chi connectivity index (χ3v) is 3.48. The Kier molecular flexibility index (Phi) is 2.96. The normalized spacial score (nSPS) is 18.5. The summed E-state index contributed by atoms with van der Waals surface area (Å²) in [6.45, 7) is 2.65. The van der Waals surface area contributed by atoms with Crippen LogP contribution in [0.3, 0.4) is 0 Å². The number of halogens is 3. The van der Waals surface area contributed by atoms with Gasteiger partial charge in [-0.2, -0.15) is 13.2 Å². The number of anilines is 1. The van der Waals surface area contributed by atoms with Crippen molar-refractivity contribution in [1.82, 2.24) is 9.55 Å². The lowest BCUT2D eigenvalue weighted by molar-refractivity contribution is -0.137. The molecule has 0 fully saturated rings. The van der Waals surface area contributed by atoms with E-state index in [1.807, 2.05) is 17.7 Å². The number of fused-ring (bicyclic) bond motifs is 1. The molecule has 0 aliphatic carbocycles. The van der Waals surface area contributed by atoms with Crippen LogP contribution in [-0.2, 0) is 12.7 Å². The van der Waals surface area contributed by atoms with Crippen molar-refractivity contribution in [3.63, 3.8) is 0 Å². The Balaban J connectivity index is 1.88. The average molecular weight is 281 g/mol. The average Bonchev–Trinajstić information content (AvgIpc) is 2.77. The second-order valence-electron chi connectivity index (χ2n) is 5.01. The lowest BCUT2D eigenvalue weighted by atomic mass is 10.00. The summed E-state index contributed by atoms with van der Waals surface area (Å²) in [7, 11) is 0. The van der Waals surface area contributed by atoms with Crippen LogP contribution in [0, 0.1) is 6.92 Å². The van der Waals surface area contributed by atoms with Crippen LogP contribution in [0.15, 0.2) is 30.5 Å². The van der Waals surface area contributed by atoms with Gasteiger partial charge in [-0.05, 0) is 31.0 Å². The molecule has 0 saturated carbocycles. The van der Waals surface area contributed by atoms with Gasteiger partial charge in [-0.25, -0.2) is 4.98 Å². The van der Waals surface area contributed by atoms with E-state index in [4.69, 9.17) is 0 Å². The summed E-state index contributed by atoms with van der Waals surface area (Å²) in [6, 6.07) is 5.34. The van der Waals surface area contributed by atoms with Crippen LogP contribution in [0.1, 0.15) is 29.3 Å². The summed E-state index contributed by atoms with van der Waals surface area (Å²) in [5, 5.41) is 3.20. The fourth-order valence-corrected chi connectivity index (χ4v) is 2.51. The van der Waals surface area contributed by atoms with Crippen LogP contribution < -0.4 is 5.32 Å². The summed E-state index contributed by atoms with van der Waals surface area (Å²) in [5.74, 6) is 0.719. The minimum absolute atomic E-state index is 0.133. The van der Waals surface area contributed by atoms with Gasteiger partial charge in [0, 0.05) is 12.7 Å². The molecule has 1 unspecified atom stereocenters. The van der Waals surface area contributed by atoms with E-state index in [9.17, 15) is 13.2 Å². The largest absolute Gasteiger partial charge is 0.416 e. The number of hydrogen-bond donors (Lipinski definition) is 1. The molecule has 1 aromatic carbocycles. The molecule has 1 aliphatic heterocycles. The smallest absolute Gasteiger partial charge is 0.349 e. The van der Waals surface area contributed by atoms with E-state index in [2.05, 4.69) is 10.3 Å². The monoisotopic (exact) mass is 281 g/mol. The van der Waals surface area contributed by atoms with Crippen molar-refractivity contribution in [2.24, 2.45) is 0 Å². The van der Waals surface area contributed by atoms with Crippen LogP contribution in [0.4, 0.5) is 19.1 Å². The first-order chi connectivity index (χ1) is 9.43. The van der Waals surface area contributed by atoms with E-state index in [-0.39, 0.29) is 6.04 Å². The molecule has 1 aromatic heterocycles. The standard InChI is InChI=1S/C14H14F3N3/c1-9-8-20-6-5-12(19-13(20)18-9)10-3-2-4-11(7-10)14(15,16)17/h2-4,7-8,12H,5-6H2,1H3,(H,18,19). The molecular formula is C14H14F3N3. The van der Waals surface area contributed by atoms with Crippen LogP contribution in [-0.4, -0.2) is 9.55 Å². The molecule has 3 rings (SSSR count). The number of imidazole rings is 1. The van der Waals surface area contributed by atoms with Crippen LogP contribution >= 0.6 is 0 Å². The summed E-state index contributed by atoms with van der Waals surface area (Å²) in [6.07, 6.45) is -1.63. The molecule has 3 nitrogen and oxygen atoms in total. The van der Waals surface area contributed by atoms with E-state index in [1.54, 1.807) is 6.07 Å². The van der Waals surface area contributed by atoms with Crippen molar-refractivity contribution < 1.29 is 13.2 Å². The maximum atomic E-state index is 12.7. The molecule has 0 saturated heterocycles. The molecular weight excluding hydrogens is 267 g/mol. The van der Waals surface area contributed by atoms with Gasteiger partial charge in [0.15, 0.2) is 0 Å². The molecule has 2 aromatic rings. The van der Waals surface area contributed by atoms with E-state index in [0.717, 1.165) is 30.7 Å². The highest BCUT2D eigenvalue weighted by Gasteiger charge is 2.31. The molecule has 0 bridgehead atoms. The molecule has 0 spiro atoms. The quantitative estimate of drug-likeness (QED) is 0.862. The van der Waals surface area contributed by atoms with Crippen molar-refractivity contribution in [1.29, 1.82) is 0 Å². The van der Waals surface area contributed by atoms with Crippen molar-refractivity contribution in [3.05, 3.63) is 47.3 Å². The topological polar surface area (TPSA) is 29.9 Å². The number of nitrogens with zero attached hydrogens (tertiary/aromatic N) is 2. The lowest BCUT2D eigenvalue weighted by Gasteiger charge is -2.26. The zero-order valence-corrected chi connectivity index (χ0v) is 10.9. The SMILES string of the molecule is Cc1cn2c(n1)NC(c1cccc(C(F)(F)F)c1)CC2. The lowest BCUT2D eigenvalue weighted by Crippen LogP contribution is -2.22. The third-order valence-electron chi connectivity index (χ3n) is 3.48. The van der Waals surface area contributed by atoms with Gasteiger partial charge < -0.3 is 9.88 Å². The van der Waals surface area contributed by atoms with Crippen molar-refractivity contribution in [2.45, 2.75) is 32.1 Å². The molecule has 1 aliphatic rings. The molecule has 0 radical (unpaired) electrons. The van der Waals surface area contributed by atoms with Crippen molar-refractivity contribution in [3.8, 4) is 0 Å². The van der Waals surface area contributed by atoms with Crippen LogP contribution in [0.25, 0.3) is 0 Å². The first kappa shape index (κ1) is 13.0. The van der Waals surface area contributed by atoms with Gasteiger partial charge in [-0.3, -0.25) is 0 Å². The van der Waals surface area contributed by atoms with Gasteiger partial charge in [-0.1, -0.05) is 12.1 Å². The number of alkyl halides is 3. The van der Waals surface area contributed by atoms with Gasteiger partial charge in [0.2, 0.25) is 5.95 Å². The Morgan fingerprint density at radius 1 is 1.35 bits per heavy atom. The molecule has 6 heteroatoms. The third kappa shape index (κ3) is 2.37. The predicted molar refractivity (Wildman–Crippen MR) is 69.4 cm³/mol. The number of hydrogen-bond acceptors (Lipinski definition) is 2. The summed E-state index contributed by atoms with van der Waals surface area (Å²) in [5.41, 5.74) is 0.936. The minimum Gasteiger partial charge on any atom is -0.349 e. The summed E-state index contributed by atoms with van der Waals surface area (Å²) < 4.78 is 40.2. The van der Waals surface area contributed by atoms with Gasteiger partial charge >= 0.3 is 6.18 Å². The van der Waals surface area contributed by atoms with Gasteiger partial charge in [-0.15, -0.1) is 0 Å². The van der Waals surface area contributed by atoms with Crippen molar-refractivity contribution in [2.75, 3.05) is 5.32 Å². The first-order valence-electron chi connectivity index (χ1n) is 6.41. The summed E-state index contributed by atoms with van der Waals surface area (Å²) >= 11 is 0. The van der Waals surface area contributed by atoms with E-state index >= 15 is 0 Å². The maximum Gasteiger partial charge on any atom is 0.416 e. The van der Waals surface area contributed by atoms with E-state index in [1.165, 1.54) is 12.1 Å². The Labute approximate surface area is 114 Å².